The van der Waals surface area contributed by atoms with E-state index in [0.717, 1.165) is 30.6 Å². The van der Waals surface area contributed by atoms with E-state index in [1.54, 1.807) is 18.6 Å². The molecule has 132 valence electrons. The van der Waals surface area contributed by atoms with Crippen molar-refractivity contribution in [1.82, 2.24) is 24.7 Å². The molecule has 1 amide bonds. The van der Waals surface area contributed by atoms with Crippen molar-refractivity contribution in [3.8, 4) is 11.5 Å². The maximum atomic E-state index is 12.9. The SMILES string of the molecule is Cc1ccc(NC(=O)C2CCCn3c(-c4cnccn4)nnc32)c(C)c1. The van der Waals surface area contributed by atoms with Gasteiger partial charge in [-0.15, -0.1) is 10.2 Å². The molecule has 0 aliphatic carbocycles. The van der Waals surface area contributed by atoms with Crippen LogP contribution in [0.25, 0.3) is 11.5 Å². The van der Waals surface area contributed by atoms with Crippen molar-refractivity contribution >= 4 is 11.6 Å². The normalized spacial score (nSPS) is 16.2. The first-order valence-corrected chi connectivity index (χ1v) is 8.71. The Morgan fingerprint density at radius 3 is 2.88 bits per heavy atom. The molecule has 1 aliphatic rings. The highest BCUT2D eigenvalue weighted by molar-refractivity contribution is 5.96. The summed E-state index contributed by atoms with van der Waals surface area (Å²) in [5.41, 5.74) is 3.73. The van der Waals surface area contributed by atoms with Crippen molar-refractivity contribution in [2.75, 3.05) is 5.32 Å². The van der Waals surface area contributed by atoms with Crippen LogP contribution in [-0.2, 0) is 11.3 Å². The minimum atomic E-state index is -0.317. The van der Waals surface area contributed by atoms with Gasteiger partial charge in [0.25, 0.3) is 0 Å². The standard InChI is InChI=1S/C19H20N6O/c1-12-5-6-15(13(2)10-12)22-19(26)14-4-3-9-25-17(14)23-24-18(25)16-11-20-7-8-21-16/h5-8,10-11,14H,3-4,9H2,1-2H3,(H,22,26). The van der Waals surface area contributed by atoms with E-state index in [1.165, 1.54) is 5.56 Å². The quantitative estimate of drug-likeness (QED) is 0.786. The lowest BCUT2D eigenvalue weighted by molar-refractivity contribution is -0.118. The molecule has 3 heterocycles. The molecule has 1 aliphatic heterocycles. The number of aromatic nitrogens is 5. The number of hydrogen-bond acceptors (Lipinski definition) is 5. The third-order valence-electron chi connectivity index (χ3n) is 4.71. The Labute approximate surface area is 151 Å². The average Bonchev–Trinajstić information content (AvgIpc) is 3.09. The number of fused-ring (bicyclic) bond motifs is 1. The van der Waals surface area contributed by atoms with Crippen LogP contribution in [0.2, 0.25) is 0 Å². The fourth-order valence-electron chi connectivity index (χ4n) is 3.40. The summed E-state index contributed by atoms with van der Waals surface area (Å²) >= 11 is 0. The number of nitrogens with zero attached hydrogens (tertiary/aromatic N) is 5. The molecular weight excluding hydrogens is 328 g/mol. The first kappa shape index (κ1) is 16.4. The van der Waals surface area contributed by atoms with Crippen LogP contribution in [0.1, 0.15) is 35.7 Å². The number of carbonyl (C=O) groups excluding carboxylic acids is 1. The summed E-state index contributed by atoms with van der Waals surface area (Å²) in [5, 5.41) is 11.6. The van der Waals surface area contributed by atoms with E-state index in [9.17, 15) is 4.79 Å². The number of aryl methyl sites for hydroxylation is 2. The number of anilines is 1. The molecule has 1 aromatic carbocycles. The summed E-state index contributed by atoms with van der Waals surface area (Å²) in [5.74, 6) is 0.995. The van der Waals surface area contributed by atoms with Gasteiger partial charge in [0.15, 0.2) is 5.82 Å². The zero-order valence-electron chi connectivity index (χ0n) is 14.8. The highest BCUT2D eigenvalue weighted by Gasteiger charge is 2.31. The van der Waals surface area contributed by atoms with Crippen LogP contribution in [-0.4, -0.2) is 30.6 Å². The molecule has 1 atom stereocenters. The molecule has 3 aromatic rings. The number of benzene rings is 1. The fraction of sp³-hybridized carbons (Fsp3) is 0.316. The summed E-state index contributed by atoms with van der Waals surface area (Å²) in [4.78, 5) is 21.3. The second-order valence-corrected chi connectivity index (χ2v) is 6.63. The van der Waals surface area contributed by atoms with Crippen LogP contribution in [0.3, 0.4) is 0 Å². The van der Waals surface area contributed by atoms with Crippen LogP contribution in [0, 0.1) is 13.8 Å². The molecular formula is C19H20N6O. The molecule has 0 fully saturated rings. The molecule has 0 saturated heterocycles. The van der Waals surface area contributed by atoms with Gasteiger partial charge in [-0.25, -0.2) is 4.98 Å². The Hall–Kier alpha value is -3.09. The van der Waals surface area contributed by atoms with Crippen LogP contribution < -0.4 is 5.32 Å². The van der Waals surface area contributed by atoms with Gasteiger partial charge in [-0.05, 0) is 38.3 Å². The van der Waals surface area contributed by atoms with Crippen molar-refractivity contribution in [2.45, 2.75) is 39.2 Å². The highest BCUT2D eigenvalue weighted by Crippen LogP contribution is 2.30. The van der Waals surface area contributed by atoms with Crippen molar-refractivity contribution in [1.29, 1.82) is 0 Å². The lowest BCUT2D eigenvalue weighted by Gasteiger charge is -2.23. The van der Waals surface area contributed by atoms with Crippen molar-refractivity contribution in [2.24, 2.45) is 0 Å². The predicted octanol–water partition coefficient (Wildman–Crippen LogP) is 2.87. The summed E-state index contributed by atoms with van der Waals surface area (Å²) in [7, 11) is 0. The molecule has 0 spiro atoms. The summed E-state index contributed by atoms with van der Waals surface area (Å²) in [6, 6.07) is 6.00. The summed E-state index contributed by atoms with van der Waals surface area (Å²) < 4.78 is 1.99. The number of amides is 1. The summed E-state index contributed by atoms with van der Waals surface area (Å²) in [6.45, 7) is 4.82. The molecule has 7 nitrogen and oxygen atoms in total. The maximum absolute atomic E-state index is 12.9. The number of nitrogens with one attached hydrogen (secondary N) is 1. The Morgan fingerprint density at radius 1 is 1.23 bits per heavy atom. The Morgan fingerprint density at radius 2 is 2.12 bits per heavy atom. The van der Waals surface area contributed by atoms with Crippen LogP contribution in [0.15, 0.2) is 36.8 Å². The predicted molar refractivity (Wildman–Crippen MR) is 97.6 cm³/mol. The van der Waals surface area contributed by atoms with Gasteiger partial charge >= 0.3 is 0 Å². The van der Waals surface area contributed by atoms with Crippen LogP contribution >= 0.6 is 0 Å². The first-order valence-electron chi connectivity index (χ1n) is 8.71. The fourth-order valence-corrected chi connectivity index (χ4v) is 3.40. The molecule has 1 unspecified atom stereocenters. The van der Waals surface area contributed by atoms with Gasteiger partial charge in [-0.2, -0.15) is 0 Å². The molecule has 1 N–H and O–H groups in total. The highest BCUT2D eigenvalue weighted by atomic mass is 16.1. The van der Waals surface area contributed by atoms with E-state index in [4.69, 9.17) is 0 Å². The third-order valence-corrected chi connectivity index (χ3v) is 4.71. The molecule has 0 bridgehead atoms. The van der Waals surface area contributed by atoms with Crippen LogP contribution in [0.4, 0.5) is 5.69 Å². The Kier molecular flexibility index (Phi) is 4.20. The molecule has 4 rings (SSSR count). The minimum Gasteiger partial charge on any atom is -0.325 e. The lowest BCUT2D eigenvalue weighted by atomic mass is 9.97. The lowest BCUT2D eigenvalue weighted by Crippen LogP contribution is -2.28. The smallest absolute Gasteiger partial charge is 0.235 e. The van der Waals surface area contributed by atoms with Gasteiger partial charge in [-0.1, -0.05) is 17.7 Å². The van der Waals surface area contributed by atoms with E-state index in [2.05, 4.69) is 31.5 Å². The van der Waals surface area contributed by atoms with Crippen molar-refractivity contribution in [3.05, 3.63) is 53.7 Å². The molecule has 0 radical (unpaired) electrons. The molecule has 2 aromatic heterocycles. The van der Waals surface area contributed by atoms with Gasteiger partial charge in [0.05, 0.1) is 12.1 Å². The van der Waals surface area contributed by atoms with E-state index >= 15 is 0 Å². The van der Waals surface area contributed by atoms with Gasteiger partial charge in [0, 0.05) is 24.6 Å². The minimum absolute atomic E-state index is 0.0454. The second-order valence-electron chi connectivity index (χ2n) is 6.63. The zero-order valence-corrected chi connectivity index (χ0v) is 14.8. The third kappa shape index (κ3) is 2.96. The summed E-state index contributed by atoms with van der Waals surface area (Å²) in [6.07, 6.45) is 6.57. The van der Waals surface area contributed by atoms with Crippen molar-refractivity contribution in [3.63, 3.8) is 0 Å². The number of hydrogen-bond donors (Lipinski definition) is 1. The number of carbonyl (C=O) groups is 1. The molecule has 0 saturated carbocycles. The van der Waals surface area contributed by atoms with Crippen molar-refractivity contribution < 1.29 is 4.79 Å². The molecule has 7 heteroatoms. The van der Waals surface area contributed by atoms with Gasteiger partial charge in [-0.3, -0.25) is 9.78 Å². The van der Waals surface area contributed by atoms with E-state index in [-0.39, 0.29) is 11.8 Å². The van der Waals surface area contributed by atoms with Gasteiger partial charge in [0.1, 0.15) is 11.5 Å². The van der Waals surface area contributed by atoms with Gasteiger partial charge in [0.2, 0.25) is 5.91 Å². The Balaban J connectivity index is 1.62. The largest absolute Gasteiger partial charge is 0.325 e. The van der Waals surface area contributed by atoms with E-state index in [0.29, 0.717) is 17.3 Å². The maximum Gasteiger partial charge on any atom is 0.235 e. The number of rotatable bonds is 3. The van der Waals surface area contributed by atoms with Crippen LogP contribution in [0.5, 0.6) is 0 Å². The topological polar surface area (TPSA) is 85.6 Å². The second kappa shape index (κ2) is 6.67. The monoisotopic (exact) mass is 348 g/mol. The molecule has 26 heavy (non-hydrogen) atoms. The first-order chi connectivity index (χ1) is 12.6. The Bertz CT molecular complexity index is 950. The van der Waals surface area contributed by atoms with Gasteiger partial charge < -0.3 is 9.88 Å². The van der Waals surface area contributed by atoms with E-state index < -0.39 is 0 Å². The zero-order chi connectivity index (χ0) is 18.1. The van der Waals surface area contributed by atoms with E-state index in [1.807, 2.05) is 30.5 Å². The average molecular weight is 348 g/mol.